The molecule has 25 heavy (non-hydrogen) atoms. The van der Waals surface area contributed by atoms with Gasteiger partial charge in [0.2, 0.25) is 15.9 Å². The van der Waals surface area contributed by atoms with Crippen molar-refractivity contribution in [3.05, 3.63) is 29.7 Å². The van der Waals surface area contributed by atoms with Gasteiger partial charge in [-0.05, 0) is 19.5 Å². The number of carbonyl (C=O) groups excluding carboxylic acids is 1. The Hall–Kier alpha value is -2.20. The number of sulfonamides is 1. The summed E-state index contributed by atoms with van der Waals surface area (Å²) in [7, 11) is -0.634. The molecule has 2 N–H and O–H groups in total. The van der Waals surface area contributed by atoms with Gasteiger partial charge in [0.05, 0.1) is 0 Å². The van der Waals surface area contributed by atoms with Gasteiger partial charge in [0.1, 0.15) is 10.6 Å². The maximum absolute atomic E-state index is 12.2. The van der Waals surface area contributed by atoms with Crippen molar-refractivity contribution in [2.75, 3.05) is 13.6 Å². The van der Waals surface area contributed by atoms with E-state index in [9.17, 15) is 13.2 Å². The summed E-state index contributed by atoms with van der Waals surface area (Å²) in [6.07, 6.45) is 2.59. The maximum Gasteiger partial charge on any atom is 0.267 e. The van der Waals surface area contributed by atoms with E-state index in [0.29, 0.717) is 31.1 Å². The summed E-state index contributed by atoms with van der Waals surface area (Å²) < 4.78 is 32.4. The molecule has 1 amide bonds. The number of amides is 1. The predicted octanol–water partition coefficient (Wildman–Crippen LogP) is 0.802. The van der Waals surface area contributed by atoms with Crippen LogP contribution in [-0.2, 0) is 23.5 Å². The Labute approximate surface area is 146 Å². The van der Waals surface area contributed by atoms with Crippen molar-refractivity contribution in [2.45, 2.75) is 37.5 Å². The zero-order valence-electron chi connectivity index (χ0n) is 14.7. The highest BCUT2D eigenvalue weighted by Crippen LogP contribution is 2.13. The van der Waals surface area contributed by atoms with E-state index in [1.807, 2.05) is 13.8 Å². The Morgan fingerprint density at radius 1 is 1.40 bits per heavy atom. The normalized spacial score (nSPS) is 11.9. The minimum absolute atomic E-state index is 0.0507. The summed E-state index contributed by atoms with van der Waals surface area (Å²) >= 11 is 0. The van der Waals surface area contributed by atoms with E-state index in [0.717, 1.165) is 0 Å². The average molecular weight is 369 g/mol. The molecule has 0 aliphatic carbocycles. The van der Waals surface area contributed by atoms with E-state index in [4.69, 9.17) is 4.52 Å². The van der Waals surface area contributed by atoms with Crippen LogP contribution in [0, 0.1) is 0 Å². The molecule has 2 aromatic rings. The first kappa shape index (κ1) is 19.1. The smallest absolute Gasteiger partial charge is 0.267 e. The monoisotopic (exact) mass is 369 g/mol. The molecular weight excluding hydrogens is 346 g/mol. The van der Waals surface area contributed by atoms with E-state index in [-0.39, 0.29) is 22.4 Å². The number of hydrogen-bond donors (Lipinski definition) is 2. The van der Waals surface area contributed by atoms with Crippen molar-refractivity contribution in [3.63, 3.8) is 0 Å². The molecule has 0 spiro atoms. The van der Waals surface area contributed by atoms with E-state index >= 15 is 0 Å². The summed E-state index contributed by atoms with van der Waals surface area (Å²) in [5.74, 6) is 1.08. The highest BCUT2D eigenvalue weighted by molar-refractivity contribution is 7.89. The molecule has 0 atom stereocenters. The van der Waals surface area contributed by atoms with Gasteiger partial charge in [-0.3, -0.25) is 4.79 Å². The average Bonchev–Trinajstić information content (AvgIpc) is 3.18. The van der Waals surface area contributed by atoms with Crippen molar-refractivity contribution in [1.82, 2.24) is 24.7 Å². The molecule has 2 rings (SSSR count). The summed E-state index contributed by atoms with van der Waals surface area (Å²) in [6.45, 7) is 4.38. The highest BCUT2D eigenvalue weighted by atomic mass is 32.2. The Bertz CT molecular complexity index is 838. The highest BCUT2D eigenvalue weighted by Gasteiger charge is 2.19. The van der Waals surface area contributed by atoms with Gasteiger partial charge >= 0.3 is 0 Å². The standard InChI is InChI=1S/C15H23N5O4S/c1-10(2)14-18-13(24-19-14)6-5-7-17-15(21)12-8-11(9-20(12)4)25(22,23)16-3/h8-10,16H,5-7H2,1-4H3,(H,17,21). The number of carbonyl (C=O) groups is 1. The van der Waals surface area contributed by atoms with E-state index in [1.54, 1.807) is 7.05 Å². The van der Waals surface area contributed by atoms with Crippen LogP contribution in [0.2, 0.25) is 0 Å². The van der Waals surface area contributed by atoms with Crippen LogP contribution in [0.5, 0.6) is 0 Å². The molecule has 0 aliphatic heterocycles. The SMILES string of the molecule is CNS(=O)(=O)c1cc(C(=O)NCCCc2nc(C(C)C)no2)n(C)c1. The fourth-order valence-electron chi connectivity index (χ4n) is 2.16. The van der Waals surface area contributed by atoms with Crippen LogP contribution >= 0.6 is 0 Å². The molecule has 9 nitrogen and oxygen atoms in total. The zero-order chi connectivity index (χ0) is 18.6. The Morgan fingerprint density at radius 2 is 2.12 bits per heavy atom. The topological polar surface area (TPSA) is 119 Å². The molecule has 2 aromatic heterocycles. The number of hydrogen-bond acceptors (Lipinski definition) is 6. The van der Waals surface area contributed by atoms with Gasteiger partial charge in [0, 0.05) is 32.1 Å². The molecule has 0 fully saturated rings. The molecule has 0 bridgehead atoms. The Balaban J connectivity index is 1.88. The van der Waals surface area contributed by atoms with E-state index < -0.39 is 10.0 Å². The van der Waals surface area contributed by atoms with Crippen LogP contribution < -0.4 is 10.0 Å². The van der Waals surface area contributed by atoms with E-state index in [2.05, 4.69) is 20.2 Å². The predicted molar refractivity (Wildman–Crippen MR) is 90.7 cm³/mol. The molecule has 0 radical (unpaired) electrons. The van der Waals surface area contributed by atoms with Crippen molar-refractivity contribution >= 4 is 15.9 Å². The van der Waals surface area contributed by atoms with Crippen LogP contribution in [0.3, 0.4) is 0 Å². The summed E-state index contributed by atoms with van der Waals surface area (Å²) in [4.78, 5) is 16.5. The molecule has 0 aliphatic rings. The number of rotatable bonds is 8. The van der Waals surface area contributed by atoms with Crippen LogP contribution in [0.15, 0.2) is 21.7 Å². The molecule has 2 heterocycles. The lowest BCUT2D eigenvalue weighted by atomic mass is 10.2. The number of nitrogens with one attached hydrogen (secondary N) is 2. The minimum Gasteiger partial charge on any atom is -0.351 e. The molecule has 0 saturated carbocycles. The van der Waals surface area contributed by atoms with Gasteiger partial charge in [-0.1, -0.05) is 19.0 Å². The largest absolute Gasteiger partial charge is 0.351 e. The van der Waals surface area contributed by atoms with Gasteiger partial charge in [-0.2, -0.15) is 4.98 Å². The molecule has 10 heteroatoms. The van der Waals surface area contributed by atoms with Crippen molar-refractivity contribution in [3.8, 4) is 0 Å². The summed E-state index contributed by atoms with van der Waals surface area (Å²) in [5.41, 5.74) is 0.272. The molecule has 0 saturated heterocycles. The summed E-state index contributed by atoms with van der Waals surface area (Å²) in [5, 5.41) is 6.64. The first-order valence-electron chi connectivity index (χ1n) is 7.95. The Morgan fingerprint density at radius 3 is 2.72 bits per heavy atom. The van der Waals surface area contributed by atoms with Gasteiger partial charge in [0.25, 0.3) is 5.91 Å². The van der Waals surface area contributed by atoms with Crippen molar-refractivity contribution in [1.29, 1.82) is 0 Å². The Kier molecular flexibility index (Phi) is 5.96. The molecular formula is C15H23N5O4S. The number of aromatic nitrogens is 3. The second-order valence-corrected chi connectivity index (χ2v) is 7.83. The molecule has 0 unspecified atom stereocenters. The fourth-order valence-corrected chi connectivity index (χ4v) is 2.96. The number of nitrogens with zero attached hydrogens (tertiary/aromatic N) is 3. The van der Waals surface area contributed by atoms with Gasteiger partial charge in [-0.15, -0.1) is 0 Å². The van der Waals surface area contributed by atoms with Crippen molar-refractivity contribution in [2.24, 2.45) is 7.05 Å². The third-order valence-electron chi connectivity index (χ3n) is 3.64. The third-order valence-corrected chi connectivity index (χ3v) is 5.03. The summed E-state index contributed by atoms with van der Waals surface area (Å²) in [6, 6.07) is 1.34. The fraction of sp³-hybridized carbons (Fsp3) is 0.533. The first-order valence-corrected chi connectivity index (χ1v) is 9.43. The minimum atomic E-state index is -3.58. The lowest BCUT2D eigenvalue weighted by Gasteiger charge is -2.04. The van der Waals surface area contributed by atoms with Gasteiger partial charge in [-0.25, -0.2) is 13.1 Å². The van der Waals surface area contributed by atoms with Crippen LogP contribution in [0.1, 0.15) is 48.4 Å². The second-order valence-electron chi connectivity index (χ2n) is 5.94. The zero-order valence-corrected chi connectivity index (χ0v) is 15.6. The van der Waals surface area contributed by atoms with E-state index in [1.165, 1.54) is 23.9 Å². The van der Waals surface area contributed by atoms with Crippen molar-refractivity contribution < 1.29 is 17.7 Å². The van der Waals surface area contributed by atoms with Crippen LogP contribution in [0.4, 0.5) is 0 Å². The second kappa shape index (κ2) is 7.79. The van der Waals surface area contributed by atoms with Gasteiger partial charge in [0.15, 0.2) is 5.82 Å². The molecule has 0 aromatic carbocycles. The van der Waals surface area contributed by atoms with Gasteiger partial charge < -0.3 is 14.4 Å². The first-order chi connectivity index (χ1) is 11.7. The lowest BCUT2D eigenvalue weighted by molar-refractivity contribution is 0.0944. The number of aryl methyl sites for hydroxylation is 2. The van der Waals surface area contributed by atoms with Crippen LogP contribution in [0.25, 0.3) is 0 Å². The quantitative estimate of drug-likeness (QED) is 0.664. The third kappa shape index (κ3) is 4.67. The lowest BCUT2D eigenvalue weighted by Crippen LogP contribution is -2.26. The van der Waals surface area contributed by atoms with Crippen LogP contribution in [-0.4, -0.2) is 42.6 Å². The molecule has 138 valence electrons. The maximum atomic E-state index is 12.2.